The zero-order chi connectivity index (χ0) is 14.1. The standard InChI is InChI=1S/C15H14O5/c16-11-3-9(4-12(17)7-11)1-2-10-5-13(18)15-14(6-10)19-8-20-15/h3-7,16-18H,1-2,8H2. The lowest BCUT2D eigenvalue weighted by molar-refractivity contribution is 0.171. The summed E-state index contributed by atoms with van der Waals surface area (Å²) in [6, 6.07) is 7.95. The number of aryl methyl sites for hydroxylation is 2. The molecule has 0 amide bonds. The third-order valence-corrected chi connectivity index (χ3v) is 3.18. The molecule has 0 saturated heterocycles. The molecule has 104 valence electrons. The van der Waals surface area contributed by atoms with Crippen LogP contribution in [0.5, 0.6) is 28.7 Å². The maximum atomic E-state index is 9.81. The molecule has 5 nitrogen and oxygen atoms in total. The van der Waals surface area contributed by atoms with Gasteiger partial charge in [0.1, 0.15) is 11.5 Å². The van der Waals surface area contributed by atoms with Crippen LogP contribution >= 0.6 is 0 Å². The molecule has 3 rings (SSSR count). The van der Waals surface area contributed by atoms with Crippen molar-refractivity contribution >= 4 is 0 Å². The van der Waals surface area contributed by atoms with Crippen LogP contribution in [0, 0.1) is 0 Å². The van der Waals surface area contributed by atoms with Crippen LogP contribution < -0.4 is 9.47 Å². The van der Waals surface area contributed by atoms with E-state index in [-0.39, 0.29) is 24.0 Å². The Kier molecular flexibility index (Phi) is 3.02. The van der Waals surface area contributed by atoms with Gasteiger partial charge in [0, 0.05) is 6.07 Å². The minimum absolute atomic E-state index is 0.0357. The molecule has 0 aromatic heterocycles. The Morgan fingerprint density at radius 3 is 2.15 bits per heavy atom. The highest BCUT2D eigenvalue weighted by molar-refractivity contribution is 5.54. The average Bonchev–Trinajstić information content (AvgIpc) is 2.84. The fourth-order valence-corrected chi connectivity index (χ4v) is 2.28. The van der Waals surface area contributed by atoms with Gasteiger partial charge in [0.15, 0.2) is 11.5 Å². The molecule has 0 atom stereocenters. The quantitative estimate of drug-likeness (QED) is 0.800. The van der Waals surface area contributed by atoms with E-state index >= 15 is 0 Å². The molecule has 1 aliphatic heterocycles. The Morgan fingerprint density at radius 1 is 0.800 bits per heavy atom. The molecule has 3 N–H and O–H groups in total. The minimum Gasteiger partial charge on any atom is -0.508 e. The summed E-state index contributed by atoms with van der Waals surface area (Å²) in [5.74, 6) is 1.05. The molecular weight excluding hydrogens is 260 g/mol. The van der Waals surface area contributed by atoms with Crippen LogP contribution in [-0.4, -0.2) is 22.1 Å². The van der Waals surface area contributed by atoms with E-state index in [0.717, 1.165) is 11.1 Å². The zero-order valence-electron chi connectivity index (χ0n) is 10.7. The van der Waals surface area contributed by atoms with Crippen molar-refractivity contribution in [3.63, 3.8) is 0 Å². The summed E-state index contributed by atoms with van der Waals surface area (Å²) in [7, 11) is 0. The SMILES string of the molecule is Oc1cc(O)cc(CCc2cc(O)c3c(c2)OCO3)c1. The number of benzene rings is 2. The Labute approximate surface area is 115 Å². The molecule has 0 bridgehead atoms. The highest BCUT2D eigenvalue weighted by Gasteiger charge is 2.18. The van der Waals surface area contributed by atoms with Gasteiger partial charge in [-0.3, -0.25) is 0 Å². The number of aromatic hydroxyl groups is 3. The maximum absolute atomic E-state index is 9.81. The summed E-state index contributed by atoms with van der Waals surface area (Å²) in [5.41, 5.74) is 1.72. The van der Waals surface area contributed by atoms with Gasteiger partial charge in [-0.2, -0.15) is 0 Å². The van der Waals surface area contributed by atoms with Crippen LogP contribution in [-0.2, 0) is 12.8 Å². The summed E-state index contributed by atoms with van der Waals surface area (Å²) >= 11 is 0. The number of fused-ring (bicyclic) bond motifs is 1. The fourth-order valence-electron chi connectivity index (χ4n) is 2.28. The average molecular weight is 274 g/mol. The van der Waals surface area contributed by atoms with E-state index in [1.165, 1.54) is 6.07 Å². The van der Waals surface area contributed by atoms with Crippen LogP contribution in [0.2, 0.25) is 0 Å². The Morgan fingerprint density at radius 2 is 1.45 bits per heavy atom. The number of hydrogen-bond acceptors (Lipinski definition) is 5. The first kappa shape index (κ1) is 12.5. The molecule has 0 spiro atoms. The molecule has 0 unspecified atom stereocenters. The van der Waals surface area contributed by atoms with Gasteiger partial charge in [-0.25, -0.2) is 0 Å². The first-order valence-electron chi connectivity index (χ1n) is 6.25. The smallest absolute Gasteiger partial charge is 0.231 e. The van der Waals surface area contributed by atoms with Crippen molar-refractivity contribution in [1.82, 2.24) is 0 Å². The van der Waals surface area contributed by atoms with Crippen LogP contribution in [0.4, 0.5) is 0 Å². The van der Waals surface area contributed by atoms with Crippen molar-refractivity contribution in [2.75, 3.05) is 6.79 Å². The van der Waals surface area contributed by atoms with E-state index in [1.807, 2.05) is 6.07 Å². The second-order valence-corrected chi connectivity index (χ2v) is 4.71. The van der Waals surface area contributed by atoms with E-state index in [0.29, 0.717) is 24.3 Å². The molecule has 2 aromatic rings. The molecule has 0 aliphatic carbocycles. The van der Waals surface area contributed by atoms with E-state index in [9.17, 15) is 15.3 Å². The molecular formula is C15H14O5. The molecule has 1 aliphatic rings. The van der Waals surface area contributed by atoms with Crippen molar-refractivity contribution in [1.29, 1.82) is 0 Å². The number of rotatable bonds is 3. The van der Waals surface area contributed by atoms with Crippen LogP contribution in [0.15, 0.2) is 30.3 Å². The number of phenolic OH excluding ortho intramolecular Hbond substituents is 3. The van der Waals surface area contributed by atoms with Gasteiger partial charge in [-0.15, -0.1) is 0 Å². The van der Waals surface area contributed by atoms with Crippen LogP contribution in [0.25, 0.3) is 0 Å². The van der Waals surface area contributed by atoms with Gasteiger partial charge >= 0.3 is 0 Å². The third-order valence-electron chi connectivity index (χ3n) is 3.18. The summed E-state index contributed by atoms with van der Waals surface area (Å²) in [6.45, 7) is 0.118. The predicted octanol–water partition coefficient (Wildman–Crippen LogP) is 2.32. The summed E-state index contributed by atoms with van der Waals surface area (Å²) < 4.78 is 10.4. The van der Waals surface area contributed by atoms with E-state index < -0.39 is 0 Å². The normalized spacial score (nSPS) is 12.6. The molecule has 0 radical (unpaired) electrons. The van der Waals surface area contributed by atoms with Gasteiger partial charge in [0.05, 0.1) is 0 Å². The van der Waals surface area contributed by atoms with Crippen molar-refractivity contribution in [2.24, 2.45) is 0 Å². The van der Waals surface area contributed by atoms with Crippen molar-refractivity contribution < 1.29 is 24.8 Å². The maximum Gasteiger partial charge on any atom is 0.231 e. The largest absolute Gasteiger partial charge is 0.508 e. The predicted molar refractivity (Wildman–Crippen MR) is 71.4 cm³/mol. The summed E-state index contributed by atoms with van der Waals surface area (Å²) in [6.07, 6.45) is 1.27. The lowest BCUT2D eigenvalue weighted by atomic mass is 10.0. The summed E-state index contributed by atoms with van der Waals surface area (Å²) in [4.78, 5) is 0. The zero-order valence-corrected chi connectivity index (χ0v) is 10.7. The first-order chi connectivity index (χ1) is 9.61. The van der Waals surface area contributed by atoms with E-state index in [1.54, 1.807) is 18.2 Å². The van der Waals surface area contributed by atoms with E-state index in [2.05, 4.69) is 0 Å². The van der Waals surface area contributed by atoms with Gasteiger partial charge in [-0.05, 0) is 48.2 Å². The van der Waals surface area contributed by atoms with Gasteiger partial charge in [0.2, 0.25) is 12.5 Å². The fraction of sp³-hybridized carbons (Fsp3) is 0.200. The van der Waals surface area contributed by atoms with Crippen molar-refractivity contribution in [2.45, 2.75) is 12.8 Å². The molecule has 20 heavy (non-hydrogen) atoms. The molecule has 1 heterocycles. The number of hydrogen-bond donors (Lipinski definition) is 3. The van der Waals surface area contributed by atoms with Crippen molar-refractivity contribution in [3.05, 3.63) is 41.5 Å². The van der Waals surface area contributed by atoms with E-state index in [4.69, 9.17) is 9.47 Å². The number of phenols is 3. The summed E-state index contributed by atoms with van der Waals surface area (Å²) in [5, 5.41) is 28.7. The third kappa shape index (κ3) is 2.42. The second-order valence-electron chi connectivity index (χ2n) is 4.71. The Hall–Kier alpha value is -2.56. The first-order valence-corrected chi connectivity index (χ1v) is 6.25. The Bertz CT molecular complexity index is 631. The highest BCUT2D eigenvalue weighted by atomic mass is 16.7. The number of ether oxygens (including phenoxy) is 2. The van der Waals surface area contributed by atoms with Gasteiger partial charge < -0.3 is 24.8 Å². The molecule has 5 heteroatoms. The monoisotopic (exact) mass is 274 g/mol. The van der Waals surface area contributed by atoms with Crippen molar-refractivity contribution in [3.8, 4) is 28.7 Å². The molecule has 0 fully saturated rings. The van der Waals surface area contributed by atoms with Gasteiger partial charge in [-0.1, -0.05) is 0 Å². The lowest BCUT2D eigenvalue weighted by Crippen LogP contribution is -1.93. The topological polar surface area (TPSA) is 79.2 Å². The second kappa shape index (κ2) is 4.85. The Balaban J connectivity index is 1.77. The highest BCUT2D eigenvalue weighted by Crippen LogP contribution is 2.41. The molecule has 0 saturated carbocycles. The van der Waals surface area contributed by atoms with Crippen LogP contribution in [0.3, 0.4) is 0 Å². The van der Waals surface area contributed by atoms with Gasteiger partial charge in [0.25, 0.3) is 0 Å². The van der Waals surface area contributed by atoms with Crippen LogP contribution in [0.1, 0.15) is 11.1 Å². The lowest BCUT2D eigenvalue weighted by Gasteiger charge is -2.06. The minimum atomic E-state index is 0.0357. The molecule has 2 aromatic carbocycles.